The minimum Gasteiger partial charge on any atom is -0.300 e. The highest BCUT2D eigenvalue weighted by Gasteiger charge is 2.22. The van der Waals surface area contributed by atoms with E-state index in [0.29, 0.717) is 12.5 Å². The fourth-order valence-electron chi connectivity index (χ4n) is 2.88. The van der Waals surface area contributed by atoms with Gasteiger partial charge < -0.3 is 0 Å². The van der Waals surface area contributed by atoms with Crippen LogP contribution in [0.5, 0.6) is 0 Å². The first-order valence-corrected chi connectivity index (χ1v) is 7.61. The van der Waals surface area contributed by atoms with E-state index in [2.05, 4.69) is 4.90 Å². The van der Waals surface area contributed by atoms with Gasteiger partial charge in [0.1, 0.15) is 11.6 Å². The second-order valence-corrected chi connectivity index (χ2v) is 6.04. The van der Waals surface area contributed by atoms with Crippen molar-refractivity contribution in [3.8, 4) is 0 Å². The maximum absolute atomic E-state index is 13.2. The smallest absolute Gasteiger partial charge is 0.141 e. The van der Waals surface area contributed by atoms with Crippen LogP contribution in [0.1, 0.15) is 44.6 Å². The van der Waals surface area contributed by atoms with Crippen molar-refractivity contribution >= 4 is 17.4 Å². The van der Waals surface area contributed by atoms with E-state index in [1.54, 1.807) is 19.1 Å². The molecule has 0 aromatic heterocycles. The van der Waals surface area contributed by atoms with Crippen molar-refractivity contribution in [2.45, 2.75) is 51.6 Å². The van der Waals surface area contributed by atoms with Gasteiger partial charge in [-0.3, -0.25) is 9.69 Å². The number of Topliss-reactive ketones (excluding diaryl/α,β-unsaturated/α-hetero) is 1. The van der Waals surface area contributed by atoms with Gasteiger partial charge in [0.25, 0.3) is 0 Å². The van der Waals surface area contributed by atoms with Crippen LogP contribution in [-0.2, 0) is 11.3 Å². The summed E-state index contributed by atoms with van der Waals surface area (Å²) in [6, 6.07) is 5.18. The normalized spacial score (nSPS) is 20.6. The van der Waals surface area contributed by atoms with Crippen LogP contribution in [0.3, 0.4) is 0 Å². The summed E-state index contributed by atoms with van der Waals surface area (Å²) < 4.78 is 13.2. The second kappa shape index (κ2) is 7.19. The lowest BCUT2D eigenvalue weighted by Gasteiger charge is -2.29. The molecule has 0 N–H and O–H groups in total. The number of benzene rings is 1. The standard InChI is InChI=1S/C16H21ClFNO/c1-12(20)9-14-5-3-2-4-8-19(14)11-13-6-7-16(18)15(17)10-13/h6-7,10,14H,2-5,8-9,11H2,1H3. The molecule has 1 aromatic rings. The molecule has 0 amide bonds. The Kier molecular flexibility index (Phi) is 5.55. The summed E-state index contributed by atoms with van der Waals surface area (Å²) in [5, 5.41) is 0.167. The third-order valence-electron chi connectivity index (χ3n) is 3.89. The average molecular weight is 298 g/mol. The molecule has 1 saturated heterocycles. The van der Waals surface area contributed by atoms with Crippen LogP contribution in [-0.4, -0.2) is 23.3 Å². The van der Waals surface area contributed by atoms with E-state index >= 15 is 0 Å². The van der Waals surface area contributed by atoms with Crippen LogP contribution in [0.2, 0.25) is 5.02 Å². The number of carbonyl (C=O) groups excluding carboxylic acids is 1. The van der Waals surface area contributed by atoms with Crippen molar-refractivity contribution in [3.63, 3.8) is 0 Å². The number of nitrogens with zero attached hydrogens (tertiary/aromatic N) is 1. The number of hydrogen-bond donors (Lipinski definition) is 0. The Balaban J connectivity index is 2.09. The maximum Gasteiger partial charge on any atom is 0.141 e. The van der Waals surface area contributed by atoms with Crippen LogP contribution in [0.4, 0.5) is 4.39 Å². The summed E-state index contributed by atoms with van der Waals surface area (Å²) in [6.07, 6.45) is 5.22. The van der Waals surface area contributed by atoms with Gasteiger partial charge in [0, 0.05) is 19.0 Å². The third-order valence-corrected chi connectivity index (χ3v) is 4.18. The number of rotatable bonds is 4. The molecule has 0 bridgehead atoms. The summed E-state index contributed by atoms with van der Waals surface area (Å²) in [5.41, 5.74) is 1.01. The van der Waals surface area contributed by atoms with Crippen LogP contribution < -0.4 is 0 Å². The highest BCUT2D eigenvalue weighted by Crippen LogP contribution is 2.23. The molecule has 1 aromatic carbocycles. The molecule has 110 valence electrons. The lowest BCUT2D eigenvalue weighted by Crippen LogP contribution is -2.35. The number of ketones is 1. The van der Waals surface area contributed by atoms with Gasteiger partial charge in [-0.1, -0.05) is 30.5 Å². The Hall–Kier alpha value is -0.930. The SMILES string of the molecule is CC(=O)CC1CCCCCN1Cc1ccc(F)c(Cl)c1. The van der Waals surface area contributed by atoms with E-state index in [1.807, 2.05) is 0 Å². The Labute approximate surface area is 124 Å². The van der Waals surface area contributed by atoms with Crippen molar-refractivity contribution < 1.29 is 9.18 Å². The van der Waals surface area contributed by atoms with Gasteiger partial charge in [-0.05, 0) is 44.0 Å². The Morgan fingerprint density at radius 2 is 2.20 bits per heavy atom. The first-order chi connectivity index (χ1) is 9.56. The Bertz CT molecular complexity index is 478. The number of hydrogen-bond acceptors (Lipinski definition) is 2. The molecule has 20 heavy (non-hydrogen) atoms. The second-order valence-electron chi connectivity index (χ2n) is 5.63. The number of halogens is 2. The maximum atomic E-state index is 13.2. The Morgan fingerprint density at radius 1 is 1.40 bits per heavy atom. The molecular weight excluding hydrogens is 277 g/mol. The zero-order valence-electron chi connectivity index (χ0n) is 11.9. The molecular formula is C16H21ClFNO. The van der Waals surface area contributed by atoms with Gasteiger partial charge in [-0.25, -0.2) is 4.39 Å². The Morgan fingerprint density at radius 3 is 2.90 bits per heavy atom. The van der Waals surface area contributed by atoms with Crippen molar-refractivity contribution in [2.75, 3.05) is 6.54 Å². The molecule has 1 unspecified atom stereocenters. The van der Waals surface area contributed by atoms with Gasteiger partial charge in [0.15, 0.2) is 0 Å². The summed E-state index contributed by atoms with van der Waals surface area (Å²) in [4.78, 5) is 13.8. The van der Waals surface area contributed by atoms with Crippen LogP contribution >= 0.6 is 11.6 Å². The van der Waals surface area contributed by atoms with E-state index in [-0.39, 0.29) is 16.6 Å². The van der Waals surface area contributed by atoms with Crippen molar-refractivity contribution in [1.82, 2.24) is 4.90 Å². The lowest BCUT2D eigenvalue weighted by atomic mass is 10.0. The van der Waals surface area contributed by atoms with Crippen molar-refractivity contribution in [2.24, 2.45) is 0 Å². The van der Waals surface area contributed by atoms with E-state index < -0.39 is 0 Å². The largest absolute Gasteiger partial charge is 0.300 e. The highest BCUT2D eigenvalue weighted by atomic mass is 35.5. The van der Waals surface area contributed by atoms with Gasteiger partial charge in [-0.2, -0.15) is 0 Å². The molecule has 1 heterocycles. The fraction of sp³-hybridized carbons (Fsp3) is 0.562. The molecule has 0 saturated carbocycles. The molecule has 1 atom stereocenters. The van der Waals surface area contributed by atoms with Crippen LogP contribution in [0.25, 0.3) is 0 Å². The summed E-state index contributed by atoms with van der Waals surface area (Å²) in [5.74, 6) is -0.148. The molecule has 2 nitrogen and oxygen atoms in total. The van der Waals surface area contributed by atoms with Crippen molar-refractivity contribution in [3.05, 3.63) is 34.6 Å². The van der Waals surface area contributed by atoms with Gasteiger partial charge in [0.05, 0.1) is 5.02 Å². The predicted octanol–water partition coefficient (Wildman–Crippen LogP) is 4.20. The van der Waals surface area contributed by atoms with Crippen LogP contribution in [0.15, 0.2) is 18.2 Å². The van der Waals surface area contributed by atoms with Crippen molar-refractivity contribution in [1.29, 1.82) is 0 Å². The highest BCUT2D eigenvalue weighted by molar-refractivity contribution is 6.30. The first kappa shape index (κ1) is 15.5. The van der Waals surface area contributed by atoms with Crippen LogP contribution in [0, 0.1) is 5.82 Å². The summed E-state index contributed by atoms with van der Waals surface area (Å²) >= 11 is 5.84. The zero-order valence-corrected chi connectivity index (χ0v) is 12.6. The molecule has 0 radical (unpaired) electrons. The monoisotopic (exact) mass is 297 g/mol. The number of carbonyl (C=O) groups is 1. The first-order valence-electron chi connectivity index (χ1n) is 7.23. The van der Waals surface area contributed by atoms with Gasteiger partial charge >= 0.3 is 0 Å². The summed E-state index contributed by atoms with van der Waals surface area (Å²) in [7, 11) is 0. The molecule has 4 heteroatoms. The minimum atomic E-state index is -0.383. The molecule has 1 aliphatic rings. The minimum absolute atomic E-state index is 0.167. The average Bonchev–Trinajstić information content (AvgIpc) is 2.59. The van der Waals surface area contributed by atoms with Gasteiger partial charge in [-0.15, -0.1) is 0 Å². The van der Waals surface area contributed by atoms with E-state index in [1.165, 1.54) is 18.9 Å². The third kappa shape index (κ3) is 4.29. The topological polar surface area (TPSA) is 20.3 Å². The molecule has 1 aliphatic heterocycles. The predicted molar refractivity (Wildman–Crippen MR) is 79.4 cm³/mol. The molecule has 2 rings (SSSR count). The van der Waals surface area contributed by atoms with E-state index in [0.717, 1.165) is 31.5 Å². The summed E-state index contributed by atoms with van der Waals surface area (Å²) in [6.45, 7) is 3.38. The molecule has 0 spiro atoms. The fourth-order valence-corrected chi connectivity index (χ4v) is 3.08. The molecule has 0 aliphatic carbocycles. The number of likely N-dealkylation sites (tertiary alicyclic amines) is 1. The lowest BCUT2D eigenvalue weighted by molar-refractivity contribution is -0.118. The zero-order chi connectivity index (χ0) is 14.5. The van der Waals surface area contributed by atoms with E-state index in [4.69, 9.17) is 11.6 Å². The van der Waals surface area contributed by atoms with E-state index in [9.17, 15) is 9.18 Å². The quantitative estimate of drug-likeness (QED) is 0.830. The van der Waals surface area contributed by atoms with Gasteiger partial charge in [0.2, 0.25) is 0 Å². The molecule has 1 fully saturated rings.